The number of likely N-dealkylation sites (N-methyl/N-ethyl adjacent to an activating group) is 1. The second-order valence-corrected chi connectivity index (χ2v) is 6.83. The molecular formula is C17H21N3O3S. The van der Waals surface area contributed by atoms with Gasteiger partial charge in [0.05, 0.1) is 16.1 Å². The molecule has 2 aromatic rings. The third kappa shape index (κ3) is 3.52. The third-order valence-electron chi connectivity index (χ3n) is 4.20. The number of aryl methyl sites for hydroxylation is 1. The first kappa shape index (κ1) is 16.7. The Morgan fingerprint density at radius 2 is 2.04 bits per heavy atom. The third-order valence-corrected chi connectivity index (χ3v) is 5.34. The van der Waals surface area contributed by atoms with Crippen LogP contribution in [-0.4, -0.2) is 54.3 Å². The van der Waals surface area contributed by atoms with E-state index in [1.165, 1.54) is 17.6 Å². The maximum atomic E-state index is 12.7. The highest BCUT2D eigenvalue weighted by molar-refractivity contribution is 7.18. The number of thiophene rings is 1. The molecule has 1 N–H and O–H groups in total. The van der Waals surface area contributed by atoms with Crippen molar-refractivity contribution >= 4 is 28.2 Å². The quantitative estimate of drug-likeness (QED) is 0.923. The molecule has 3 heterocycles. The Bertz CT molecular complexity index is 716. The zero-order valence-electron chi connectivity index (χ0n) is 13.9. The summed E-state index contributed by atoms with van der Waals surface area (Å²) in [5, 5.41) is 3.44. The largest absolute Gasteiger partial charge is 0.459 e. The van der Waals surface area contributed by atoms with Crippen LogP contribution in [0.5, 0.6) is 0 Å². The molecule has 3 rings (SSSR count). The minimum absolute atomic E-state index is 0.0479. The maximum Gasteiger partial charge on any atom is 0.291 e. The van der Waals surface area contributed by atoms with Gasteiger partial charge in [-0.25, -0.2) is 0 Å². The van der Waals surface area contributed by atoms with Gasteiger partial charge < -0.3 is 19.5 Å². The molecule has 7 heteroatoms. The number of piperazine rings is 1. The number of amides is 2. The van der Waals surface area contributed by atoms with Crippen molar-refractivity contribution < 1.29 is 14.0 Å². The van der Waals surface area contributed by atoms with Gasteiger partial charge >= 0.3 is 0 Å². The van der Waals surface area contributed by atoms with E-state index >= 15 is 0 Å². The van der Waals surface area contributed by atoms with Gasteiger partial charge in [0.1, 0.15) is 0 Å². The summed E-state index contributed by atoms with van der Waals surface area (Å²) in [6, 6.07) is 5.11. The molecule has 24 heavy (non-hydrogen) atoms. The number of anilines is 1. The highest BCUT2D eigenvalue weighted by atomic mass is 32.1. The van der Waals surface area contributed by atoms with Gasteiger partial charge in [0.15, 0.2) is 5.76 Å². The molecule has 1 aliphatic heterocycles. The first-order valence-corrected chi connectivity index (χ1v) is 8.87. The van der Waals surface area contributed by atoms with Gasteiger partial charge in [-0.1, -0.05) is 6.92 Å². The van der Waals surface area contributed by atoms with E-state index in [1.807, 2.05) is 17.9 Å². The van der Waals surface area contributed by atoms with Gasteiger partial charge in [0.2, 0.25) is 0 Å². The standard InChI is InChI=1S/C17H21N3O3S/c1-3-19-6-8-20(9-7-19)17(22)15-12(2)11-14(24-15)18-16(21)13-5-4-10-23-13/h4-5,10-11H,3,6-9H2,1-2H3,(H,18,21). The van der Waals surface area contributed by atoms with Gasteiger partial charge in [0, 0.05) is 26.2 Å². The molecule has 0 atom stereocenters. The first-order valence-electron chi connectivity index (χ1n) is 8.05. The molecule has 1 saturated heterocycles. The van der Waals surface area contributed by atoms with Gasteiger partial charge in [-0.15, -0.1) is 11.3 Å². The Labute approximate surface area is 145 Å². The fourth-order valence-corrected chi connectivity index (χ4v) is 3.78. The minimum Gasteiger partial charge on any atom is -0.459 e. The van der Waals surface area contributed by atoms with Gasteiger partial charge in [0.25, 0.3) is 11.8 Å². The van der Waals surface area contributed by atoms with Crippen LogP contribution in [0.25, 0.3) is 0 Å². The van der Waals surface area contributed by atoms with Crippen molar-refractivity contribution in [3.63, 3.8) is 0 Å². The predicted octanol–water partition coefficient (Wildman–Crippen LogP) is 2.68. The van der Waals surface area contributed by atoms with Crippen LogP contribution < -0.4 is 5.32 Å². The lowest BCUT2D eigenvalue weighted by molar-refractivity contribution is 0.0647. The Balaban J connectivity index is 1.67. The molecule has 128 valence electrons. The van der Waals surface area contributed by atoms with Crippen LogP contribution in [0.15, 0.2) is 28.9 Å². The summed E-state index contributed by atoms with van der Waals surface area (Å²) < 4.78 is 5.08. The molecule has 1 aliphatic rings. The number of carbonyl (C=O) groups excluding carboxylic acids is 2. The van der Waals surface area contributed by atoms with Crippen LogP contribution in [0.2, 0.25) is 0 Å². The van der Waals surface area contributed by atoms with Crippen molar-refractivity contribution in [3.8, 4) is 0 Å². The van der Waals surface area contributed by atoms with Crippen LogP contribution in [0.3, 0.4) is 0 Å². The van der Waals surface area contributed by atoms with Crippen LogP contribution in [0.1, 0.15) is 32.7 Å². The van der Waals surface area contributed by atoms with E-state index in [0.717, 1.165) is 38.3 Å². The van der Waals surface area contributed by atoms with Crippen LogP contribution in [0.4, 0.5) is 5.00 Å². The fourth-order valence-electron chi connectivity index (χ4n) is 2.75. The monoisotopic (exact) mass is 347 g/mol. The first-order chi connectivity index (χ1) is 11.6. The number of nitrogens with zero attached hydrogens (tertiary/aromatic N) is 2. The van der Waals surface area contributed by atoms with E-state index in [4.69, 9.17) is 4.42 Å². The molecule has 0 spiro atoms. The van der Waals surface area contributed by atoms with E-state index < -0.39 is 0 Å². The lowest BCUT2D eigenvalue weighted by Crippen LogP contribution is -2.48. The number of furan rings is 1. The molecule has 0 unspecified atom stereocenters. The van der Waals surface area contributed by atoms with Gasteiger partial charge in [-0.3, -0.25) is 9.59 Å². The Kier molecular flexibility index (Phi) is 5.01. The molecule has 0 aromatic carbocycles. The molecule has 1 fully saturated rings. The highest BCUT2D eigenvalue weighted by Gasteiger charge is 2.24. The van der Waals surface area contributed by atoms with E-state index in [2.05, 4.69) is 17.1 Å². The summed E-state index contributed by atoms with van der Waals surface area (Å²) in [6.07, 6.45) is 1.46. The molecule has 6 nitrogen and oxygen atoms in total. The van der Waals surface area contributed by atoms with Crippen LogP contribution in [-0.2, 0) is 0 Å². The van der Waals surface area contributed by atoms with Gasteiger partial charge in [-0.2, -0.15) is 0 Å². The number of nitrogens with one attached hydrogen (secondary N) is 1. The highest BCUT2D eigenvalue weighted by Crippen LogP contribution is 2.28. The molecule has 0 aliphatic carbocycles. The molecule has 2 aromatic heterocycles. The van der Waals surface area contributed by atoms with E-state index in [9.17, 15) is 9.59 Å². The van der Waals surface area contributed by atoms with Crippen molar-refractivity contribution in [1.82, 2.24) is 9.80 Å². The molecule has 0 radical (unpaired) electrons. The molecule has 2 amide bonds. The number of rotatable bonds is 4. The average molecular weight is 347 g/mol. The van der Waals surface area contributed by atoms with E-state index in [-0.39, 0.29) is 17.6 Å². The SMILES string of the molecule is CCN1CCN(C(=O)c2sc(NC(=O)c3ccco3)cc2C)CC1. The summed E-state index contributed by atoms with van der Waals surface area (Å²) in [4.78, 5) is 29.7. The second-order valence-electron chi connectivity index (χ2n) is 5.78. The molecule has 0 saturated carbocycles. The van der Waals surface area contributed by atoms with Crippen molar-refractivity contribution in [2.75, 3.05) is 38.0 Å². The smallest absolute Gasteiger partial charge is 0.291 e. The Morgan fingerprint density at radius 1 is 1.29 bits per heavy atom. The molecule has 0 bridgehead atoms. The zero-order valence-corrected chi connectivity index (χ0v) is 14.7. The fraction of sp³-hybridized carbons (Fsp3) is 0.412. The summed E-state index contributed by atoms with van der Waals surface area (Å²) >= 11 is 1.31. The summed E-state index contributed by atoms with van der Waals surface area (Å²) in [5.41, 5.74) is 0.887. The average Bonchev–Trinajstić information content (AvgIpc) is 3.24. The van der Waals surface area contributed by atoms with E-state index in [1.54, 1.807) is 12.1 Å². The van der Waals surface area contributed by atoms with Crippen molar-refractivity contribution in [2.24, 2.45) is 0 Å². The van der Waals surface area contributed by atoms with E-state index in [0.29, 0.717) is 9.88 Å². The summed E-state index contributed by atoms with van der Waals surface area (Å²) in [7, 11) is 0. The minimum atomic E-state index is -0.309. The zero-order chi connectivity index (χ0) is 17.1. The molecular weight excluding hydrogens is 326 g/mol. The van der Waals surface area contributed by atoms with Crippen LogP contribution in [0, 0.1) is 6.92 Å². The Morgan fingerprint density at radius 3 is 2.67 bits per heavy atom. The van der Waals surface area contributed by atoms with Crippen molar-refractivity contribution in [1.29, 1.82) is 0 Å². The normalized spacial score (nSPS) is 15.5. The summed E-state index contributed by atoms with van der Waals surface area (Å²) in [6.45, 7) is 8.37. The lowest BCUT2D eigenvalue weighted by atomic mass is 10.2. The predicted molar refractivity (Wildman–Crippen MR) is 93.7 cm³/mol. The Hall–Kier alpha value is -2.12. The number of hydrogen-bond acceptors (Lipinski definition) is 5. The summed E-state index contributed by atoms with van der Waals surface area (Å²) in [5.74, 6) is -0.00632. The maximum absolute atomic E-state index is 12.7. The number of carbonyl (C=O) groups is 2. The number of hydrogen-bond donors (Lipinski definition) is 1. The van der Waals surface area contributed by atoms with Crippen molar-refractivity contribution in [2.45, 2.75) is 13.8 Å². The lowest BCUT2D eigenvalue weighted by Gasteiger charge is -2.33. The second kappa shape index (κ2) is 7.19. The topological polar surface area (TPSA) is 65.8 Å². The van der Waals surface area contributed by atoms with Gasteiger partial charge in [-0.05, 0) is 37.2 Å². The van der Waals surface area contributed by atoms with Crippen molar-refractivity contribution in [3.05, 3.63) is 40.7 Å². The van der Waals surface area contributed by atoms with Crippen LogP contribution >= 0.6 is 11.3 Å².